The third-order valence-corrected chi connectivity index (χ3v) is 8.56. The Morgan fingerprint density at radius 1 is 1.00 bits per heavy atom. The predicted octanol–water partition coefficient (Wildman–Crippen LogP) is 3.11. The van der Waals surface area contributed by atoms with Crippen LogP contribution in [0.25, 0.3) is 22.2 Å². The first-order chi connectivity index (χ1) is 17.1. The van der Waals surface area contributed by atoms with Crippen LogP contribution in [-0.4, -0.2) is 75.4 Å². The first-order valence-corrected chi connectivity index (χ1v) is 13.5. The molecule has 0 saturated heterocycles. The highest BCUT2D eigenvalue weighted by Gasteiger charge is 2.24. The molecule has 2 aromatic heterocycles. The van der Waals surface area contributed by atoms with Crippen LogP contribution in [0.5, 0.6) is 0 Å². The van der Waals surface area contributed by atoms with Crippen LogP contribution in [0, 0.1) is 0 Å². The highest BCUT2D eigenvalue weighted by atomic mass is 32.2. The average Bonchev–Trinajstić information content (AvgIpc) is 3.36. The number of carbonyl (C=O) groups excluding carboxylic acids is 1. The fraction of sp³-hybridized carbons (Fsp3) is 0.240. The van der Waals surface area contributed by atoms with Gasteiger partial charge >= 0.3 is 0 Å². The number of nitrogens with zero attached hydrogens (tertiary/aromatic N) is 4. The van der Waals surface area contributed by atoms with Gasteiger partial charge in [0, 0.05) is 43.6 Å². The van der Waals surface area contributed by atoms with Crippen molar-refractivity contribution in [1.29, 1.82) is 0 Å². The van der Waals surface area contributed by atoms with Crippen molar-refractivity contribution in [2.75, 3.05) is 45.6 Å². The van der Waals surface area contributed by atoms with E-state index in [2.05, 4.69) is 9.97 Å². The van der Waals surface area contributed by atoms with E-state index in [0.29, 0.717) is 28.9 Å². The van der Waals surface area contributed by atoms with Crippen molar-refractivity contribution in [1.82, 2.24) is 19.8 Å². The summed E-state index contributed by atoms with van der Waals surface area (Å²) in [5, 5.41) is 2.63. The summed E-state index contributed by atoms with van der Waals surface area (Å²) in [5.74, 6) is -0.129. The number of sulfonamides is 1. The van der Waals surface area contributed by atoms with Gasteiger partial charge in [0.25, 0.3) is 21.5 Å². The minimum Gasteiger partial charge on any atom is -0.340 e. The van der Waals surface area contributed by atoms with Crippen molar-refractivity contribution < 1.29 is 13.2 Å². The lowest BCUT2D eigenvalue weighted by atomic mass is 10.1. The maximum Gasteiger partial charge on any atom is 0.265 e. The summed E-state index contributed by atoms with van der Waals surface area (Å²) < 4.78 is 26.9. The SMILES string of the molecule is CN(C)CCN(C)C(=O)c1ccc2cc(-c3csc(N(C)S(=O)(=O)c4ccccc4)n3)c(=O)[nH]c2c1. The van der Waals surface area contributed by atoms with Gasteiger partial charge in [-0.2, -0.15) is 0 Å². The molecule has 0 unspecified atom stereocenters. The summed E-state index contributed by atoms with van der Waals surface area (Å²) in [6, 6.07) is 15.0. The van der Waals surface area contributed by atoms with Gasteiger partial charge in [0.05, 0.1) is 16.2 Å². The molecule has 9 nitrogen and oxygen atoms in total. The zero-order chi connectivity index (χ0) is 26.0. The summed E-state index contributed by atoms with van der Waals surface area (Å²) in [6.45, 7) is 1.33. The van der Waals surface area contributed by atoms with Gasteiger partial charge in [0.1, 0.15) is 0 Å². The van der Waals surface area contributed by atoms with Crippen LogP contribution in [0.15, 0.2) is 69.7 Å². The molecular weight excluding hydrogens is 498 g/mol. The molecule has 2 aromatic carbocycles. The molecule has 0 aliphatic heterocycles. The Labute approximate surface area is 213 Å². The van der Waals surface area contributed by atoms with Crippen molar-refractivity contribution in [2.24, 2.45) is 0 Å². The van der Waals surface area contributed by atoms with Crippen LogP contribution in [0.4, 0.5) is 5.13 Å². The third-order valence-electron chi connectivity index (χ3n) is 5.76. The van der Waals surface area contributed by atoms with Gasteiger partial charge in [-0.25, -0.2) is 17.7 Å². The maximum atomic E-state index is 12.9. The smallest absolute Gasteiger partial charge is 0.265 e. The second-order valence-electron chi connectivity index (χ2n) is 8.65. The van der Waals surface area contributed by atoms with Crippen LogP contribution in [0.3, 0.4) is 0 Å². The Kier molecular flexibility index (Phi) is 7.25. The predicted molar refractivity (Wildman–Crippen MR) is 143 cm³/mol. The van der Waals surface area contributed by atoms with Crippen LogP contribution in [0.2, 0.25) is 0 Å². The molecule has 2 heterocycles. The number of anilines is 1. The molecule has 4 rings (SSSR count). The molecule has 0 aliphatic carbocycles. The molecule has 4 aromatic rings. The van der Waals surface area contributed by atoms with Crippen LogP contribution >= 0.6 is 11.3 Å². The topological polar surface area (TPSA) is 107 Å². The number of aromatic nitrogens is 2. The Morgan fingerprint density at radius 3 is 2.42 bits per heavy atom. The minimum atomic E-state index is -3.78. The normalized spacial score (nSPS) is 11.7. The average molecular weight is 526 g/mol. The van der Waals surface area contributed by atoms with E-state index in [0.717, 1.165) is 27.6 Å². The molecule has 11 heteroatoms. The lowest BCUT2D eigenvalue weighted by Gasteiger charge is -2.19. The Balaban J connectivity index is 1.61. The number of aromatic amines is 1. The molecule has 0 spiro atoms. The van der Waals surface area contributed by atoms with E-state index >= 15 is 0 Å². The molecule has 1 amide bonds. The summed E-state index contributed by atoms with van der Waals surface area (Å²) in [5.41, 5.74) is 1.33. The lowest BCUT2D eigenvalue weighted by molar-refractivity contribution is 0.0786. The number of benzene rings is 2. The quantitative estimate of drug-likeness (QED) is 0.379. The van der Waals surface area contributed by atoms with Crippen molar-refractivity contribution in [3.8, 4) is 11.3 Å². The number of hydrogen-bond donors (Lipinski definition) is 1. The molecule has 1 N–H and O–H groups in total. The molecule has 36 heavy (non-hydrogen) atoms. The second kappa shape index (κ2) is 10.2. The molecule has 188 valence electrons. The zero-order valence-corrected chi connectivity index (χ0v) is 22.1. The van der Waals surface area contributed by atoms with E-state index in [1.807, 2.05) is 19.0 Å². The lowest BCUT2D eigenvalue weighted by Crippen LogP contribution is -2.33. The summed E-state index contributed by atoms with van der Waals surface area (Å²) >= 11 is 1.13. The Morgan fingerprint density at radius 2 is 1.72 bits per heavy atom. The van der Waals surface area contributed by atoms with Crippen molar-refractivity contribution in [3.05, 3.63) is 75.9 Å². The van der Waals surface area contributed by atoms with Crippen LogP contribution in [-0.2, 0) is 10.0 Å². The van der Waals surface area contributed by atoms with Crippen molar-refractivity contribution in [3.63, 3.8) is 0 Å². The number of hydrogen-bond acceptors (Lipinski definition) is 7. The van der Waals surface area contributed by atoms with Gasteiger partial charge < -0.3 is 14.8 Å². The van der Waals surface area contributed by atoms with Crippen molar-refractivity contribution >= 4 is 43.3 Å². The summed E-state index contributed by atoms with van der Waals surface area (Å²) in [7, 11) is 3.30. The number of amides is 1. The third kappa shape index (κ3) is 5.18. The number of fused-ring (bicyclic) bond motifs is 1. The zero-order valence-electron chi connectivity index (χ0n) is 20.4. The summed E-state index contributed by atoms with van der Waals surface area (Å²) in [6.07, 6.45) is 0. The van der Waals surface area contributed by atoms with Gasteiger partial charge in [-0.05, 0) is 49.8 Å². The monoisotopic (exact) mass is 525 g/mol. The number of nitrogens with one attached hydrogen (secondary N) is 1. The fourth-order valence-corrected chi connectivity index (χ4v) is 5.77. The number of thiazole rings is 1. The first kappa shape index (κ1) is 25.5. The van der Waals surface area contributed by atoms with Crippen LogP contribution < -0.4 is 9.86 Å². The fourth-order valence-electron chi connectivity index (χ4n) is 3.58. The van der Waals surface area contributed by atoms with Gasteiger partial charge in [0.15, 0.2) is 5.13 Å². The summed E-state index contributed by atoms with van der Waals surface area (Å²) in [4.78, 5) is 36.7. The van der Waals surface area contributed by atoms with E-state index in [1.165, 1.54) is 19.2 Å². The standard InChI is InChI=1S/C25H27N5O4S2/c1-28(2)12-13-29(3)24(32)18-11-10-17-14-20(23(31)26-21(17)15-18)22-16-35-25(27-22)30(4)36(33,34)19-8-6-5-7-9-19/h5-11,14-16H,12-13H2,1-4H3,(H,26,31). The molecule has 0 atom stereocenters. The Hall–Kier alpha value is -3.54. The van der Waals surface area contributed by atoms with E-state index in [9.17, 15) is 18.0 Å². The Bertz CT molecular complexity index is 1560. The number of H-pyrrole nitrogens is 1. The highest BCUT2D eigenvalue weighted by Crippen LogP contribution is 2.29. The maximum absolute atomic E-state index is 12.9. The van der Waals surface area contributed by atoms with E-state index in [1.54, 1.807) is 59.8 Å². The van der Waals surface area contributed by atoms with Gasteiger partial charge in [-0.3, -0.25) is 9.59 Å². The first-order valence-electron chi connectivity index (χ1n) is 11.1. The molecule has 0 fully saturated rings. The molecule has 0 radical (unpaired) electrons. The van der Waals surface area contributed by atoms with E-state index < -0.39 is 10.0 Å². The molecule has 0 saturated carbocycles. The van der Waals surface area contributed by atoms with Gasteiger partial charge in [0.2, 0.25) is 0 Å². The van der Waals surface area contributed by atoms with Crippen molar-refractivity contribution in [2.45, 2.75) is 4.90 Å². The van der Waals surface area contributed by atoms with E-state index in [-0.39, 0.29) is 21.5 Å². The van der Waals surface area contributed by atoms with E-state index in [4.69, 9.17) is 0 Å². The molecule has 0 aliphatic rings. The molecular formula is C25H27N5O4S2. The second-order valence-corrected chi connectivity index (χ2v) is 11.5. The largest absolute Gasteiger partial charge is 0.340 e. The van der Waals surface area contributed by atoms with Gasteiger partial charge in [-0.15, -0.1) is 11.3 Å². The van der Waals surface area contributed by atoms with Crippen LogP contribution in [0.1, 0.15) is 10.4 Å². The number of pyridine rings is 1. The molecule has 0 bridgehead atoms. The minimum absolute atomic E-state index is 0.129. The van der Waals surface area contributed by atoms with Gasteiger partial charge in [-0.1, -0.05) is 24.3 Å². The number of rotatable bonds is 8. The number of likely N-dealkylation sites (N-methyl/N-ethyl adjacent to an activating group) is 2. The highest BCUT2D eigenvalue weighted by molar-refractivity contribution is 7.93. The number of carbonyl (C=O) groups is 1.